The Balaban J connectivity index is 1.87. The number of benzene rings is 1. The van der Waals surface area contributed by atoms with E-state index in [0.29, 0.717) is 19.8 Å². The monoisotopic (exact) mass is 281 g/mol. The molecule has 0 amide bonds. The minimum atomic E-state index is -0.577. The summed E-state index contributed by atoms with van der Waals surface area (Å²) in [7, 11) is 2.07. The molecule has 0 spiro atoms. The zero-order valence-electron chi connectivity index (χ0n) is 11.8. The van der Waals surface area contributed by atoms with Gasteiger partial charge in [-0.1, -0.05) is 12.1 Å². The second-order valence-corrected chi connectivity index (χ2v) is 6.24. The van der Waals surface area contributed by atoms with Gasteiger partial charge in [0.1, 0.15) is 0 Å². The molecule has 1 aliphatic heterocycles. The van der Waals surface area contributed by atoms with Crippen molar-refractivity contribution in [1.29, 1.82) is 0 Å². The first-order chi connectivity index (χ1) is 9.11. The van der Waals surface area contributed by atoms with Crippen molar-refractivity contribution in [3.8, 4) is 0 Å². The third-order valence-corrected chi connectivity index (χ3v) is 4.34. The standard InChI is InChI=1S/C15H23NO2S/c1-16(12-15(17)7-9-18-10-8-15)11-13-3-5-14(19-2)6-4-13/h3-6,17H,7-12H2,1-2H3. The van der Waals surface area contributed by atoms with Gasteiger partial charge in [0.15, 0.2) is 0 Å². The Hall–Kier alpha value is -0.550. The molecule has 106 valence electrons. The van der Waals surface area contributed by atoms with Crippen LogP contribution in [0.1, 0.15) is 18.4 Å². The molecule has 1 saturated heterocycles. The highest BCUT2D eigenvalue weighted by Gasteiger charge is 2.30. The Morgan fingerprint density at radius 1 is 1.26 bits per heavy atom. The second-order valence-electron chi connectivity index (χ2n) is 5.36. The van der Waals surface area contributed by atoms with Crippen molar-refractivity contribution >= 4 is 11.8 Å². The molecule has 19 heavy (non-hydrogen) atoms. The summed E-state index contributed by atoms with van der Waals surface area (Å²) in [6.45, 7) is 2.93. The van der Waals surface area contributed by atoms with Crippen LogP contribution in [0.3, 0.4) is 0 Å². The fraction of sp³-hybridized carbons (Fsp3) is 0.600. The van der Waals surface area contributed by atoms with E-state index in [-0.39, 0.29) is 0 Å². The predicted molar refractivity (Wildman–Crippen MR) is 79.6 cm³/mol. The first-order valence-electron chi connectivity index (χ1n) is 6.73. The van der Waals surface area contributed by atoms with Crippen LogP contribution in [-0.2, 0) is 11.3 Å². The van der Waals surface area contributed by atoms with Gasteiger partial charge in [0.25, 0.3) is 0 Å². The van der Waals surface area contributed by atoms with Crippen LogP contribution in [0.5, 0.6) is 0 Å². The summed E-state index contributed by atoms with van der Waals surface area (Å²) in [5.74, 6) is 0. The van der Waals surface area contributed by atoms with Crippen molar-refractivity contribution in [2.45, 2.75) is 29.9 Å². The van der Waals surface area contributed by atoms with Crippen molar-refractivity contribution in [1.82, 2.24) is 4.90 Å². The largest absolute Gasteiger partial charge is 0.388 e. The minimum absolute atomic E-state index is 0.577. The first kappa shape index (κ1) is 14.9. The molecule has 0 saturated carbocycles. The molecule has 0 aliphatic carbocycles. The van der Waals surface area contributed by atoms with Crippen molar-refractivity contribution in [3.05, 3.63) is 29.8 Å². The number of hydrogen-bond donors (Lipinski definition) is 1. The van der Waals surface area contributed by atoms with Crippen LogP contribution in [0.15, 0.2) is 29.2 Å². The van der Waals surface area contributed by atoms with Crippen molar-refractivity contribution in [2.75, 3.05) is 33.1 Å². The Labute approximate surface area is 120 Å². The normalized spacial score (nSPS) is 18.7. The minimum Gasteiger partial charge on any atom is -0.388 e. The third-order valence-electron chi connectivity index (χ3n) is 3.60. The van der Waals surface area contributed by atoms with E-state index >= 15 is 0 Å². The predicted octanol–water partition coefficient (Wildman–Crippen LogP) is 2.38. The smallest absolute Gasteiger partial charge is 0.0817 e. The fourth-order valence-corrected chi connectivity index (χ4v) is 2.92. The van der Waals surface area contributed by atoms with Gasteiger partial charge in [-0.2, -0.15) is 0 Å². The summed E-state index contributed by atoms with van der Waals surface area (Å²) in [5, 5.41) is 10.5. The number of thioether (sulfide) groups is 1. The lowest BCUT2D eigenvalue weighted by Gasteiger charge is -2.35. The van der Waals surface area contributed by atoms with Gasteiger partial charge in [0.05, 0.1) is 5.60 Å². The molecular formula is C15H23NO2S. The summed E-state index contributed by atoms with van der Waals surface area (Å²) in [4.78, 5) is 3.48. The Bertz CT molecular complexity index is 388. The number of ether oxygens (including phenoxy) is 1. The molecule has 2 rings (SSSR count). The molecule has 1 aliphatic rings. The van der Waals surface area contributed by atoms with Crippen molar-refractivity contribution < 1.29 is 9.84 Å². The van der Waals surface area contributed by atoms with E-state index in [1.165, 1.54) is 10.5 Å². The van der Waals surface area contributed by atoms with Crippen LogP contribution in [0.25, 0.3) is 0 Å². The van der Waals surface area contributed by atoms with Gasteiger partial charge in [0, 0.05) is 44.0 Å². The molecule has 3 nitrogen and oxygen atoms in total. The average molecular weight is 281 g/mol. The number of nitrogens with zero attached hydrogens (tertiary/aromatic N) is 1. The van der Waals surface area contributed by atoms with Gasteiger partial charge in [-0.25, -0.2) is 0 Å². The van der Waals surface area contributed by atoms with Gasteiger partial charge < -0.3 is 9.84 Å². The van der Waals surface area contributed by atoms with E-state index in [2.05, 4.69) is 42.5 Å². The fourth-order valence-electron chi connectivity index (χ4n) is 2.51. The van der Waals surface area contributed by atoms with Crippen LogP contribution in [0.4, 0.5) is 0 Å². The molecule has 0 unspecified atom stereocenters. The van der Waals surface area contributed by atoms with E-state index in [1.807, 2.05) is 0 Å². The average Bonchev–Trinajstić information content (AvgIpc) is 2.39. The van der Waals surface area contributed by atoms with E-state index < -0.39 is 5.60 Å². The van der Waals surface area contributed by atoms with Crippen molar-refractivity contribution in [2.24, 2.45) is 0 Å². The molecule has 0 atom stereocenters. The number of rotatable bonds is 5. The highest BCUT2D eigenvalue weighted by atomic mass is 32.2. The number of hydrogen-bond acceptors (Lipinski definition) is 4. The highest BCUT2D eigenvalue weighted by molar-refractivity contribution is 7.98. The molecule has 1 fully saturated rings. The van der Waals surface area contributed by atoms with E-state index in [9.17, 15) is 5.11 Å². The van der Waals surface area contributed by atoms with Gasteiger partial charge in [-0.05, 0) is 31.0 Å². The molecule has 0 radical (unpaired) electrons. The maximum Gasteiger partial charge on any atom is 0.0817 e. The zero-order chi connectivity index (χ0) is 13.7. The van der Waals surface area contributed by atoms with Crippen LogP contribution in [0, 0.1) is 0 Å². The number of likely N-dealkylation sites (N-methyl/N-ethyl adjacent to an activating group) is 1. The molecule has 0 aromatic heterocycles. The topological polar surface area (TPSA) is 32.7 Å². The summed E-state index contributed by atoms with van der Waals surface area (Å²) < 4.78 is 5.31. The first-order valence-corrected chi connectivity index (χ1v) is 7.95. The molecule has 1 aromatic rings. The van der Waals surface area contributed by atoms with Crippen LogP contribution < -0.4 is 0 Å². The molecule has 1 aromatic carbocycles. The maximum absolute atomic E-state index is 10.5. The molecule has 0 bridgehead atoms. The number of aliphatic hydroxyl groups is 1. The molecule has 1 N–H and O–H groups in total. The van der Waals surface area contributed by atoms with Crippen LogP contribution in [-0.4, -0.2) is 48.7 Å². The van der Waals surface area contributed by atoms with Crippen LogP contribution >= 0.6 is 11.8 Å². The zero-order valence-corrected chi connectivity index (χ0v) is 12.6. The second kappa shape index (κ2) is 6.75. The molecular weight excluding hydrogens is 258 g/mol. The van der Waals surface area contributed by atoms with E-state index in [4.69, 9.17) is 4.74 Å². The lowest BCUT2D eigenvalue weighted by atomic mass is 9.94. The summed E-state index contributed by atoms with van der Waals surface area (Å²) in [6, 6.07) is 8.63. The summed E-state index contributed by atoms with van der Waals surface area (Å²) in [6.07, 6.45) is 3.56. The van der Waals surface area contributed by atoms with E-state index in [0.717, 1.165) is 19.4 Å². The van der Waals surface area contributed by atoms with Gasteiger partial charge in [0.2, 0.25) is 0 Å². The quantitative estimate of drug-likeness (QED) is 0.840. The summed E-state index contributed by atoms with van der Waals surface area (Å²) >= 11 is 1.76. The SMILES string of the molecule is CSc1ccc(CN(C)CC2(O)CCOCC2)cc1. The van der Waals surface area contributed by atoms with Crippen LogP contribution in [0.2, 0.25) is 0 Å². The third kappa shape index (κ3) is 4.49. The highest BCUT2D eigenvalue weighted by Crippen LogP contribution is 2.22. The Kier molecular flexibility index (Phi) is 5.28. The lowest BCUT2D eigenvalue weighted by Crippen LogP contribution is -2.45. The summed E-state index contributed by atoms with van der Waals surface area (Å²) in [5.41, 5.74) is 0.711. The molecule has 4 heteroatoms. The van der Waals surface area contributed by atoms with Gasteiger partial charge >= 0.3 is 0 Å². The Morgan fingerprint density at radius 2 is 1.89 bits per heavy atom. The van der Waals surface area contributed by atoms with Crippen molar-refractivity contribution in [3.63, 3.8) is 0 Å². The molecule has 1 heterocycles. The van der Waals surface area contributed by atoms with Gasteiger partial charge in [-0.3, -0.25) is 4.90 Å². The Morgan fingerprint density at radius 3 is 2.47 bits per heavy atom. The maximum atomic E-state index is 10.5. The van der Waals surface area contributed by atoms with E-state index in [1.54, 1.807) is 11.8 Å². The van der Waals surface area contributed by atoms with Gasteiger partial charge in [-0.15, -0.1) is 11.8 Å². The lowest BCUT2D eigenvalue weighted by molar-refractivity contribution is -0.0777.